The van der Waals surface area contributed by atoms with Crippen LogP contribution in [0.5, 0.6) is 11.5 Å². The number of benzene rings is 2. The van der Waals surface area contributed by atoms with E-state index in [-0.39, 0.29) is 5.75 Å². The zero-order chi connectivity index (χ0) is 16.6. The van der Waals surface area contributed by atoms with E-state index in [0.29, 0.717) is 27.4 Å². The maximum Gasteiger partial charge on any atom is 0.491 e. The molecule has 0 spiro atoms. The second kappa shape index (κ2) is 5.42. The number of carbonyl (C=O) groups is 1. The van der Waals surface area contributed by atoms with Crippen molar-refractivity contribution < 1.29 is 27.4 Å². The van der Waals surface area contributed by atoms with Gasteiger partial charge < -0.3 is 9.47 Å². The van der Waals surface area contributed by atoms with E-state index in [4.69, 9.17) is 4.74 Å². The summed E-state index contributed by atoms with van der Waals surface area (Å²) in [7, 11) is 1.44. The fraction of sp³-hybridized carbons (Fsp3) is 0.125. The maximum atomic E-state index is 12.6. The summed E-state index contributed by atoms with van der Waals surface area (Å²) in [6.45, 7) is 0. The van der Waals surface area contributed by atoms with Crippen LogP contribution < -0.4 is 9.47 Å². The molecule has 1 aromatic heterocycles. The Kier molecular flexibility index (Phi) is 3.55. The first-order valence-corrected chi connectivity index (χ1v) is 6.55. The molecule has 2 aromatic carbocycles. The van der Waals surface area contributed by atoms with Gasteiger partial charge in [-0.3, -0.25) is 4.98 Å². The Bertz CT molecular complexity index is 906. The van der Waals surface area contributed by atoms with Gasteiger partial charge in [0.15, 0.2) is 0 Å². The van der Waals surface area contributed by atoms with Crippen LogP contribution >= 0.6 is 0 Å². The number of nitrogens with zero attached hydrogens (tertiary/aromatic N) is 1. The van der Waals surface area contributed by atoms with Gasteiger partial charge in [0.05, 0.1) is 12.6 Å². The second-order valence-corrected chi connectivity index (χ2v) is 4.72. The average molecular weight is 321 g/mol. The van der Waals surface area contributed by atoms with Gasteiger partial charge in [-0.25, -0.2) is 4.79 Å². The van der Waals surface area contributed by atoms with Crippen molar-refractivity contribution >= 4 is 27.6 Å². The van der Waals surface area contributed by atoms with Crippen LogP contribution in [0.15, 0.2) is 42.6 Å². The van der Waals surface area contributed by atoms with Gasteiger partial charge in [-0.2, -0.15) is 13.2 Å². The highest BCUT2D eigenvalue weighted by Crippen LogP contribution is 2.38. The monoisotopic (exact) mass is 321 g/mol. The van der Waals surface area contributed by atoms with Crippen molar-refractivity contribution in [2.75, 3.05) is 7.11 Å². The van der Waals surface area contributed by atoms with Crippen LogP contribution in [0.4, 0.5) is 13.2 Å². The summed E-state index contributed by atoms with van der Waals surface area (Å²) in [5, 5.41) is 1.15. The molecule has 0 radical (unpaired) electrons. The third kappa shape index (κ3) is 2.65. The molecule has 0 aliphatic rings. The number of rotatable bonds is 2. The molecule has 7 heteroatoms. The fourth-order valence-corrected chi connectivity index (χ4v) is 2.34. The molecule has 0 bridgehead atoms. The molecule has 3 aromatic rings. The van der Waals surface area contributed by atoms with Crippen LogP contribution in [0.25, 0.3) is 21.7 Å². The number of esters is 1. The lowest BCUT2D eigenvalue weighted by Gasteiger charge is -2.14. The number of alkyl halides is 3. The van der Waals surface area contributed by atoms with Crippen LogP contribution in [0, 0.1) is 0 Å². The van der Waals surface area contributed by atoms with Gasteiger partial charge in [0.25, 0.3) is 0 Å². The van der Waals surface area contributed by atoms with Gasteiger partial charge in [0.2, 0.25) is 0 Å². The van der Waals surface area contributed by atoms with Crippen LogP contribution in [0.3, 0.4) is 0 Å². The number of hydrogen-bond donors (Lipinski definition) is 0. The molecule has 0 unspecified atom stereocenters. The summed E-state index contributed by atoms with van der Waals surface area (Å²) >= 11 is 0. The highest BCUT2D eigenvalue weighted by Gasteiger charge is 2.42. The quantitative estimate of drug-likeness (QED) is 0.408. The van der Waals surface area contributed by atoms with Crippen LogP contribution in [-0.4, -0.2) is 24.2 Å². The first kappa shape index (κ1) is 15.1. The van der Waals surface area contributed by atoms with Crippen molar-refractivity contribution in [2.45, 2.75) is 6.18 Å². The van der Waals surface area contributed by atoms with Crippen molar-refractivity contribution in [2.24, 2.45) is 0 Å². The minimum atomic E-state index is -5.09. The summed E-state index contributed by atoms with van der Waals surface area (Å²) < 4.78 is 47.6. The van der Waals surface area contributed by atoms with Crippen molar-refractivity contribution in [3.8, 4) is 11.5 Å². The Morgan fingerprint density at radius 1 is 1.09 bits per heavy atom. The first-order valence-electron chi connectivity index (χ1n) is 6.55. The van der Waals surface area contributed by atoms with Gasteiger partial charge in [-0.1, -0.05) is 12.1 Å². The Morgan fingerprint density at radius 3 is 2.52 bits per heavy atom. The largest absolute Gasteiger partial charge is 0.496 e. The van der Waals surface area contributed by atoms with E-state index in [1.807, 2.05) is 0 Å². The summed E-state index contributed by atoms with van der Waals surface area (Å²) in [6, 6.07) is 9.60. The smallest absolute Gasteiger partial charge is 0.491 e. The molecular formula is C16H10F3NO3. The number of pyridine rings is 1. The minimum Gasteiger partial charge on any atom is -0.496 e. The molecule has 0 saturated carbocycles. The van der Waals surface area contributed by atoms with Crippen molar-refractivity contribution in [1.82, 2.24) is 4.98 Å². The Balaban J connectivity index is 2.33. The molecule has 118 valence electrons. The third-order valence-electron chi connectivity index (χ3n) is 3.32. The number of carbonyl (C=O) groups excluding carboxylic acids is 1. The Hall–Kier alpha value is -2.83. The summed E-state index contributed by atoms with van der Waals surface area (Å²) in [4.78, 5) is 15.4. The van der Waals surface area contributed by atoms with Gasteiger partial charge in [0.1, 0.15) is 11.5 Å². The molecule has 3 rings (SSSR count). The molecule has 1 heterocycles. The fourth-order valence-electron chi connectivity index (χ4n) is 2.34. The number of hydrogen-bond acceptors (Lipinski definition) is 4. The van der Waals surface area contributed by atoms with Crippen molar-refractivity contribution in [3.05, 3.63) is 42.6 Å². The molecule has 0 aliphatic carbocycles. The van der Waals surface area contributed by atoms with E-state index >= 15 is 0 Å². The van der Waals surface area contributed by atoms with Crippen LogP contribution in [0.1, 0.15) is 0 Å². The van der Waals surface area contributed by atoms with Crippen LogP contribution in [-0.2, 0) is 4.79 Å². The molecule has 0 fully saturated rings. The summed E-state index contributed by atoms with van der Waals surface area (Å²) in [5.74, 6) is -2.02. The second-order valence-electron chi connectivity index (χ2n) is 4.72. The highest BCUT2D eigenvalue weighted by atomic mass is 19.4. The molecule has 0 saturated heterocycles. The summed E-state index contributed by atoms with van der Waals surface area (Å²) in [6.07, 6.45) is -3.59. The van der Waals surface area contributed by atoms with E-state index in [1.165, 1.54) is 13.3 Å². The standard InChI is InChI=1S/C16H10F3NO3/c1-22-13-6-2-4-9-11(13)8-12-10(5-3-7-20-12)14(9)23-15(21)16(17,18)19/h2-8H,1H3. The SMILES string of the molecule is COc1cccc2c(OC(=O)C(F)(F)F)c3cccnc3cc12. The van der Waals surface area contributed by atoms with Crippen LogP contribution in [0.2, 0.25) is 0 Å². The zero-order valence-electron chi connectivity index (χ0n) is 11.8. The highest BCUT2D eigenvalue weighted by molar-refractivity contribution is 6.07. The lowest BCUT2D eigenvalue weighted by Crippen LogP contribution is -2.28. The Labute approximate surface area is 128 Å². The number of ether oxygens (including phenoxy) is 2. The van der Waals surface area contributed by atoms with Gasteiger partial charge in [0, 0.05) is 22.4 Å². The van der Waals surface area contributed by atoms with E-state index in [9.17, 15) is 18.0 Å². The number of fused-ring (bicyclic) bond motifs is 2. The van der Waals surface area contributed by atoms with E-state index in [0.717, 1.165) is 0 Å². The zero-order valence-corrected chi connectivity index (χ0v) is 11.8. The third-order valence-corrected chi connectivity index (χ3v) is 3.32. The molecule has 0 atom stereocenters. The number of halogens is 3. The van der Waals surface area contributed by atoms with Gasteiger partial charge in [-0.05, 0) is 24.3 Å². The molecular weight excluding hydrogens is 311 g/mol. The number of methoxy groups -OCH3 is 1. The summed E-state index contributed by atoms with van der Waals surface area (Å²) in [5.41, 5.74) is 0.398. The molecule has 0 N–H and O–H groups in total. The number of aromatic nitrogens is 1. The lowest BCUT2D eigenvalue weighted by atomic mass is 10.0. The Morgan fingerprint density at radius 2 is 1.83 bits per heavy atom. The van der Waals surface area contributed by atoms with E-state index < -0.39 is 12.1 Å². The molecule has 4 nitrogen and oxygen atoms in total. The molecule has 0 amide bonds. The first-order chi connectivity index (χ1) is 10.9. The molecule has 0 aliphatic heterocycles. The maximum absolute atomic E-state index is 12.6. The van der Waals surface area contributed by atoms with Gasteiger partial charge in [-0.15, -0.1) is 0 Å². The van der Waals surface area contributed by atoms with E-state index in [1.54, 1.807) is 36.4 Å². The predicted octanol–water partition coefficient (Wildman–Crippen LogP) is 3.86. The van der Waals surface area contributed by atoms with Crippen molar-refractivity contribution in [1.29, 1.82) is 0 Å². The van der Waals surface area contributed by atoms with E-state index in [2.05, 4.69) is 9.72 Å². The average Bonchev–Trinajstić information content (AvgIpc) is 2.53. The van der Waals surface area contributed by atoms with Crippen molar-refractivity contribution in [3.63, 3.8) is 0 Å². The lowest BCUT2D eigenvalue weighted by molar-refractivity contribution is -0.189. The normalized spacial score (nSPS) is 11.7. The topological polar surface area (TPSA) is 48.4 Å². The molecule has 23 heavy (non-hydrogen) atoms. The minimum absolute atomic E-state index is 0.188. The van der Waals surface area contributed by atoms with Gasteiger partial charge >= 0.3 is 12.1 Å². The predicted molar refractivity (Wildman–Crippen MR) is 77.5 cm³/mol.